The summed E-state index contributed by atoms with van der Waals surface area (Å²) in [6.45, 7) is 1.77. The van der Waals surface area contributed by atoms with Crippen LogP contribution in [0.25, 0.3) is 21.0 Å². The number of aromatic nitrogens is 2. The van der Waals surface area contributed by atoms with Gasteiger partial charge in [-0.15, -0.1) is 11.3 Å². The molecular formula is C22H17F3N4O2S. The molecule has 0 bridgehead atoms. The van der Waals surface area contributed by atoms with E-state index in [-0.39, 0.29) is 11.7 Å². The molecule has 5 rings (SSSR count). The summed E-state index contributed by atoms with van der Waals surface area (Å²) < 4.78 is 45.0. The highest BCUT2D eigenvalue weighted by atomic mass is 32.1. The molecule has 1 aromatic carbocycles. The minimum atomic E-state index is -4.41. The number of carbonyl (C=O) groups is 1. The molecule has 0 atom stereocenters. The minimum Gasteiger partial charge on any atom is -0.448 e. The fourth-order valence-electron chi connectivity index (χ4n) is 3.58. The van der Waals surface area contributed by atoms with E-state index in [0.29, 0.717) is 42.8 Å². The van der Waals surface area contributed by atoms with Crippen molar-refractivity contribution in [3.63, 3.8) is 0 Å². The van der Waals surface area contributed by atoms with Crippen molar-refractivity contribution in [3.05, 3.63) is 66.1 Å². The van der Waals surface area contributed by atoms with Crippen LogP contribution in [0.4, 0.5) is 19.0 Å². The predicted octanol–water partition coefficient (Wildman–Crippen LogP) is 4.93. The molecule has 1 amide bonds. The predicted molar refractivity (Wildman–Crippen MR) is 115 cm³/mol. The zero-order chi connectivity index (χ0) is 22.3. The monoisotopic (exact) mass is 458 g/mol. The van der Waals surface area contributed by atoms with Gasteiger partial charge in [0.2, 0.25) is 0 Å². The Kier molecular flexibility index (Phi) is 5.09. The number of fused-ring (bicyclic) bond motifs is 1. The maximum atomic E-state index is 12.9. The van der Waals surface area contributed by atoms with Crippen LogP contribution < -0.4 is 4.90 Å². The summed E-state index contributed by atoms with van der Waals surface area (Å²) in [4.78, 5) is 24.9. The van der Waals surface area contributed by atoms with Gasteiger partial charge in [0.1, 0.15) is 5.82 Å². The number of rotatable bonds is 3. The van der Waals surface area contributed by atoms with Crippen LogP contribution in [0.2, 0.25) is 0 Å². The average Bonchev–Trinajstić information content (AvgIpc) is 3.45. The molecule has 1 aliphatic heterocycles. The summed E-state index contributed by atoms with van der Waals surface area (Å²) in [5.41, 5.74) is 0.0987. The molecule has 4 aromatic rings. The lowest BCUT2D eigenvalue weighted by Crippen LogP contribution is -2.49. The summed E-state index contributed by atoms with van der Waals surface area (Å²) in [7, 11) is 0. The second-order valence-electron chi connectivity index (χ2n) is 7.33. The van der Waals surface area contributed by atoms with E-state index in [4.69, 9.17) is 4.42 Å². The van der Waals surface area contributed by atoms with Crippen molar-refractivity contribution in [2.45, 2.75) is 6.18 Å². The van der Waals surface area contributed by atoms with Gasteiger partial charge in [-0.25, -0.2) is 9.97 Å². The highest BCUT2D eigenvalue weighted by molar-refractivity contribution is 7.21. The van der Waals surface area contributed by atoms with Crippen LogP contribution in [0.1, 0.15) is 16.1 Å². The van der Waals surface area contributed by atoms with Crippen LogP contribution in [0.5, 0.6) is 0 Å². The summed E-state index contributed by atoms with van der Waals surface area (Å²) in [6.07, 6.45) is -3.58. The van der Waals surface area contributed by atoms with Gasteiger partial charge in [0.05, 0.1) is 15.8 Å². The number of alkyl halides is 3. The molecule has 0 aliphatic carbocycles. The second-order valence-corrected chi connectivity index (χ2v) is 8.36. The van der Waals surface area contributed by atoms with Gasteiger partial charge in [0.15, 0.2) is 16.5 Å². The van der Waals surface area contributed by atoms with Gasteiger partial charge in [-0.3, -0.25) is 4.79 Å². The van der Waals surface area contributed by atoms with Gasteiger partial charge < -0.3 is 14.2 Å². The van der Waals surface area contributed by atoms with Gasteiger partial charge in [0.25, 0.3) is 5.91 Å². The Morgan fingerprint density at radius 1 is 1.00 bits per heavy atom. The highest BCUT2D eigenvalue weighted by Crippen LogP contribution is 2.32. The van der Waals surface area contributed by atoms with Crippen LogP contribution in [0.15, 0.2) is 59.1 Å². The lowest BCUT2D eigenvalue weighted by molar-refractivity contribution is -0.137. The number of pyridine rings is 1. The second kappa shape index (κ2) is 7.94. The number of thiazole rings is 1. The number of halogens is 3. The topological polar surface area (TPSA) is 62.5 Å². The van der Waals surface area contributed by atoms with Crippen molar-refractivity contribution >= 4 is 33.3 Å². The summed E-state index contributed by atoms with van der Waals surface area (Å²) in [5.74, 6) is 1.01. The number of hydrogen-bond donors (Lipinski definition) is 0. The zero-order valence-electron chi connectivity index (χ0n) is 16.7. The molecule has 0 saturated carbocycles. The first kappa shape index (κ1) is 20.5. The molecule has 4 heterocycles. The van der Waals surface area contributed by atoms with E-state index in [9.17, 15) is 18.0 Å². The first-order valence-electron chi connectivity index (χ1n) is 9.92. The Bertz CT molecular complexity index is 1230. The zero-order valence-corrected chi connectivity index (χ0v) is 17.5. The molecule has 32 heavy (non-hydrogen) atoms. The fraction of sp³-hybridized carbons (Fsp3) is 0.227. The van der Waals surface area contributed by atoms with E-state index < -0.39 is 11.7 Å². The molecule has 0 N–H and O–H groups in total. The maximum Gasteiger partial charge on any atom is 0.417 e. The lowest BCUT2D eigenvalue weighted by Gasteiger charge is -2.35. The Hall–Kier alpha value is -3.40. The third-order valence-electron chi connectivity index (χ3n) is 5.29. The quantitative estimate of drug-likeness (QED) is 0.436. The van der Waals surface area contributed by atoms with Crippen molar-refractivity contribution in [3.8, 4) is 10.8 Å². The molecule has 164 valence electrons. The average molecular weight is 458 g/mol. The van der Waals surface area contributed by atoms with E-state index in [1.54, 1.807) is 17.0 Å². The Morgan fingerprint density at radius 3 is 2.47 bits per heavy atom. The number of piperazine rings is 1. The third-order valence-corrected chi connectivity index (χ3v) is 6.34. The summed E-state index contributed by atoms with van der Waals surface area (Å²) >= 11 is 1.50. The van der Waals surface area contributed by atoms with Crippen molar-refractivity contribution in [1.29, 1.82) is 0 Å². The van der Waals surface area contributed by atoms with E-state index >= 15 is 0 Å². The van der Waals surface area contributed by atoms with Crippen LogP contribution in [-0.4, -0.2) is 47.0 Å². The number of nitrogens with zero attached hydrogens (tertiary/aromatic N) is 4. The van der Waals surface area contributed by atoms with Gasteiger partial charge in [-0.2, -0.15) is 13.2 Å². The van der Waals surface area contributed by atoms with E-state index in [2.05, 4.69) is 9.97 Å². The number of furan rings is 1. The van der Waals surface area contributed by atoms with Crippen molar-refractivity contribution in [1.82, 2.24) is 14.9 Å². The molecule has 10 heteroatoms. The molecular weight excluding hydrogens is 441 g/mol. The first-order valence-corrected chi connectivity index (χ1v) is 10.7. The normalized spacial score (nSPS) is 14.8. The van der Waals surface area contributed by atoms with Crippen LogP contribution in [0, 0.1) is 0 Å². The summed E-state index contributed by atoms with van der Waals surface area (Å²) in [6, 6.07) is 13.5. The van der Waals surface area contributed by atoms with Crippen LogP contribution >= 0.6 is 11.3 Å². The first-order chi connectivity index (χ1) is 15.4. The fourth-order valence-corrected chi connectivity index (χ4v) is 4.51. The van der Waals surface area contributed by atoms with Gasteiger partial charge in [-0.1, -0.05) is 12.1 Å². The van der Waals surface area contributed by atoms with E-state index in [0.717, 1.165) is 22.5 Å². The van der Waals surface area contributed by atoms with Gasteiger partial charge in [-0.05, 0) is 36.4 Å². The Balaban J connectivity index is 1.24. The molecule has 0 radical (unpaired) electrons. The number of hydrogen-bond acceptors (Lipinski definition) is 6. The molecule has 0 spiro atoms. The van der Waals surface area contributed by atoms with Crippen LogP contribution in [-0.2, 0) is 6.18 Å². The number of carbonyl (C=O) groups excluding carboxylic acids is 1. The number of anilines is 1. The Morgan fingerprint density at radius 2 is 1.78 bits per heavy atom. The molecule has 3 aromatic heterocycles. The number of benzene rings is 1. The SMILES string of the molecule is O=C(c1ccc(-c2nc3ccccc3s2)o1)N1CCN(c2ccc(C(F)(F)F)cn2)CC1. The smallest absolute Gasteiger partial charge is 0.417 e. The van der Waals surface area contributed by atoms with E-state index in [1.807, 2.05) is 29.2 Å². The van der Waals surface area contributed by atoms with Gasteiger partial charge >= 0.3 is 6.18 Å². The highest BCUT2D eigenvalue weighted by Gasteiger charge is 2.31. The molecule has 1 fully saturated rings. The standard InChI is InChI=1S/C22H17F3N4O2S/c23-22(24,25)14-5-8-19(26-13-14)28-9-11-29(12-10-28)21(30)17-7-6-16(31-17)20-27-15-3-1-2-4-18(15)32-20/h1-8,13H,9-12H2. The lowest BCUT2D eigenvalue weighted by atomic mass is 10.2. The van der Waals surface area contributed by atoms with Crippen molar-refractivity contribution < 1.29 is 22.4 Å². The molecule has 1 aliphatic rings. The Labute approximate surface area is 184 Å². The van der Waals surface area contributed by atoms with Crippen molar-refractivity contribution in [2.24, 2.45) is 0 Å². The van der Waals surface area contributed by atoms with E-state index in [1.165, 1.54) is 17.4 Å². The molecule has 0 unspecified atom stereocenters. The number of amides is 1. The molecule has 6 nitrogen and oxygen atoms in total. The minimum absolute atomic E-state index is 0.225. The summed E-state index contributed by atoms with van der Waals surface area (Å²) in [5, 5.41) is 0.712. The third kappa shape index (κ3) is 3.93. The number of para-hydroxylation sites is 1. The van der Waals surface area contributed by atoms with Gasteiger partial charge in [0, 0.05) is 32.4 Å². The van der Waals surface area contributed by atoms with Crippen LogP contribution in [0.3, 0.4) is 0 Å². The van der Waals surface area contributed by atoms with Crippen molar-refractivity contribution in [2.75, 3.05) is 31.1 Å². The maximum absolute atomic E-state index is 12.9. The molecule has 1 saturated heterocycles. The largest absolute Gasteiger partial charge is 0.448 e.